The van der Waals surface area contributed by atoms with Crippen LogP contribution in [0.2, 0.25) is 0 Å². The van der Waals surface area contributed by atoms with Crippen molar-refractivity contribution in [3.63, 3.8) is 0 Å². The lowest BCUT2D eigenvalue weighted by Crippen LogP contribution is -2.38. The van der Waals surface area contributed by atoms with E-state index in [-0.39, 0.29) is 5.75 Å². The molecule has 0 bridgehead atoms. The topological polar surface area (TPSA) is 62.3 Å². The van der Waals surface area contributed by atoms with Gasteiger partial charge in [0.2, 0.25) is 5.95 Å². The number of alkyl halides is 3. The highest BCUT2D eigenvalue weighted by Crippen LogP contribution is 2.27. The number of fused-ring (bicyclic) bond motifs is 1. The highest BCUT2D eigenvalue weighted by Gasteiger charge is 2.31. The van der Waals surface area contributed by atoms with Crippen LogP contribution in [0.25, 0.3) is 10.9 Å². The summed E-state index contributed by atoms with van der Waals surface area (Å²) < 4.78 is 40.7. The summed E-state index contributed by atoms with van der Waals surface area (Å²) in [7, 11) is 3.97. The Hall–Kier alpha value is -3.07. The molecule has 0 amide bonds. The molecule has 182 valence electrons. The van der Waals surface area contributed by atoms with Gasteiger partial charge < -0.3 is 20.3 Å². The Labute approximate surface area is 197 Å². The number of hydrogen-bond donors (Lipinski definition) is 2. The van der Waals surface area contributed by atoms with Crippen LogP contribution in [0.1, 0.15) is 31.2 Å². The number of para-hydroxylation sites is 1. The second-order valence-corrected chi connectivity index (χ2v) is 8.87. The fourth-order valence-corrected chi connectivity index (χ4v) is 4.37. The first-order valence-corrected chi connectivity index (χ1v) is 11.6. The summed E-state index contributed by atoms with van der Waals surface area (Å²) >= 11 is 0. The molecule has 4 rings (SSSR count). The van der Waals surface area contributed by atoms with E-state index < -0.39 is 6.36 Å². The summed E-state index contributed by atoms with van der Waals surface area (Å²) in [4.78, 5) is 11.5. The smallest absolute Gasteiger partial charge is 0.406 e. The molecule has 1 saturated carbocycles. The van der Waals surface area contributed by atoms with E-state index in [1.54, 1.807) is 12.1 Å². The Kier molecular flexibility index (Phi) is 7.41. The van der Waals surface area contributed by atoms with Gasteiger partial charge in [-0.25, -0.2) is 4.98 Å². The largest absolute Gasteiger partial charge is 0.573 e. The number of benzene rings is 2. The van der Waals surface area contributed by atoms with E-state index in [0.29, 0.717) is 18.0 Å². The maximum Gasteiger partial charge on any atom is 0.573 e. The maximum absolute atomic E-state index is 12.3. The van der Waals surface area contributed by atoms with Crippen molar-refractivity contribution in [3.05, 3.63) is 54.1 Å². The van der Waals surface area contributed by atoms with Gasteiger partial charge in [0.05, 0.1) is 5.52 Å². The Morgan fingerprint density at radius 3 is 2.29 bits per heavy atom. The Morgan fingerprint density at radius 1 is 0.941 bits per heavy atom. The molecule has 3 aromatic rings. The maximum atomic E-state index is 12.3. The summed E-state index contributed by atoms with van der Waals surface area (Å²) in [5.41, 5.74) is 1.90. The lowest BCUT2D eigenvalue weighted by atomic mass is 9.91. The molecule has 2 aromatic carbocycles. The van der Waals surface area contributed by atoms with Gasteiger partial charge in [0, 0.05) is 31.6 Å². The minimum atomic E-state index is -4.66. The number of hydrogen-bond acceptors (Lipinski definition) is 6. The third kappa shape index (κ3) is 6.50. The molecule has 1 aromatic heterocycles. The normalized spacial score (nSPS) is 18.6. The first-order chi connectivity index (χ1) is 16.3. The second-order valence-electron chi connectivity index (χ2n) is 8.87. The molecule has 0 unspecified atom stereocenters. The van der Waals surface area contributed by atoms with Gasteiger partial charge in [-0.15, -0.1) is 13.2 Å². The van der Waals surface area contributed by atoms with Crippen molar-refractivity contribution in [1.29, 1.82) is 0 Å². The van der Waals surface area contributed by atoms with Crippen LogP contribution in [0.4, 0.5) is 24.9 Å². The van der Waals surface area contributed by atoms with Gasteiger partial charge in [0.1, 0.15) is 11.6 Å². The van der Waals surface area contributed by atoms with Crippen LogP contribution in [0.5, 0.6) is 5.75 Å². The molecule has 0 spiro atoms. The van der Waals surface area contributed by atoms with Crippen LogP contribution in [-0.4, -0.2) is 49.1 Å². The molecule has 0 atom stereocenters. The van der Waals surface area contributed by atoms with Gasteiger partial charge in [0.15, 0.2) is 0 Å². The molecule has 2 N–H and O–H groups in total. The molecule has 9 heteroatoms. The molecular formula is C25H30F3N5O. The zero-order chi connectivity index (χ0) is 24.1. The molecule has 1 fully saturated rings. The average molecular weight is 474 g/mol. The highest BCUT2D eigenvalue weighted by molar-refractivity contribution is 5.90. The Bertz CT molecular complexity index is 1080. The molecule has 34 heavy (non-hydrogen) atoms. The van der Waals surface area contributed by atoms with Crippen molar-refractivity contribution in [2.24, 2.45) is 0 Å². The SMILES string of the molecule is CN(C)c1nc(NC2CCC(NCCc3ccc(OC(F)(F)F)cc3)CC2)nc2ccccc12. The van der Waals surface area contributed by atoms with Gasteiger partial charge in [-0.3, -0.25) is 0 Å². The number of halogens is 3. The second kappa shape index (κ2) is 10.5. The average Bonchev–Trinajstić information content (AvgIpc) is 2.80. The fourth-order valence-electron chi connectivity index (χ4n) is 4.37. The van der Waals surface area contributed by atoms with Crippen molar-refractivity contribution in [1.82, 2.24) is 15.3 Å². The third-order valence-corrected chi connectivity index (χ3v) is 6.07. The number of anilines is 2. The monoisotopic (exact) mass is 473 g/mol. The van der Waals surface area contributed by atoms with E-state index in [1.165, 1.54) is 12.1 Å². The van der Waals surface area contributed by atoms with Crippen LogP contribution >= 0.6 is 0 Å². The third-order valence-electron chi connectivity index (χ3n) is 6.07. The predicted molar refractivity (Wildman–Crippen MR) is 128 cm³/mol. The van der Waals surface area contributed by atoms with E-state index in [1.807, 2.05) is 43.3 Å². The van der Waals surface area contributed by atoms with Crippen molar-refractivity contribution >= 4 is 22.7 Å². The lowest BCUT2D eigenvalue weighted by Gasteiger charge is -2.30. The van der Waals surface area contributed by atoms with Crippen LogP contribution in [0, 0.1) is 0 Å². The number of nitrogens with one attached hydrogen (secondary N) is 2. The van der Waals surface area contributed by atoms with Crippen LogP contribution in [0.15, 0.2) is 48.5 Å². The quantitative estimate of drug-likeness (QED) is 0.472. The minimum absolute atomic E-state index is 0.192. The fraction of sp³-hybridized carbons (Fsp3) is 0.440. The van der Waals surface area contributed by atoms with Crippen molar-refractivity contribution in [2.45, 2.75) is 50.6 Å². The molecule has 6 nitrogen and oxygen atoms in total. The van der Waals surface area contributed by atoms with E-state index >= 15 is 0 Å². The highest BCUT2D eigenvalue weighted by atomic mass is 19.4. The summed E-state index contributed by atoms with van der Waals surface area (Å²) in [6.07, 6.45) is 0.228. The zero-order valence-corrected chi connectivity index (χ0v) is 19.4. The molecule has 1 heterocycles. The van der Waals surface area contributed by atoms with Gasteiger partial charge >= 0.3 is 6.36 Å². The first kappa shape index (κ1) is 24.1. The van der Waals surface area contributed by atoms with Crippen LogP contribution < -0.4 is 20.3 Å². The summed E-state index contributed by atoms with van der Waals surface area (Å²) in [6.45, 7) is 0.780. The number of aromatic nitrogens is 2. The Balaban J connectivity index is 1.23. The summed E-state index contributed by atoms with van der Waals surface area (Å²) in [5, 5.41) is 8.14. The minimum Gasteiger partial charge on any atom is -0.406 e. The number of rotatable bonds is 8. The van der Waals surface area contributed by atoms with E-state index in [2.05, 4.69) is 15.4 Å². The number of ether oxygens (including phenoxy) is 1. The van der Waals surface area contributed by atoms with Crippen LogP contribution in [0.3, 0.4) is 0 Å². The van der Waals surface area contributed by atoms with Crippen molar-refractivity contribution in [2.75, 3.05) is 30.9 Å². The van der Waals surface area contributed by atoms with Gasteiger partial charge in [-0.05, 0) is 68.5 Å². The standard InChI is InChI=1S/C25H30F3N5O/c1-33(2)23-21-5-3-4-6-22(21)31-24(32-23)30-19-11-9-18(10-12-19)29-16-15-17-7-13-20(14-8-17)34-25(26,27)28/h3-8,13-14,18-19,29H,9-12,15-16H2,1-2H3,(H,30,31,32). The summed E-state index contributed by atoms with van der Waals surface area (Å²) in [5.74, 6) is 1.38. The lowest BCUT2D eigenvalue weighted by molar-refractivity contribution is -0.274. The van der Waals surface area contributed by atoms with Gasteiger partial charge in [-0.2, -0.15) is 4.98 Å². The van der Waals surface area contributed by atoms with Crippen LogP contribution in [-0.2, 0) is 6.42 Å². The first-order valence-electron chi connectivity index (χ1n) is 11.6. The molecule has 0 aliphatic heterocycles. The van der Waals surface area contributed by atoms with Crippen molar-refractivity contribution < 1.29 is 17.9 Å². The van der Waals surface area contributed by atoms with E-state index in [9.17, 15) is 13.2 Å². The molecular weight excluding hydrogens is 443 g/mol. The molecule has 0 saturated heterocycles. The summed E-state index contributed by atoms with van der Waals surface area (Å²) in [6, 6.07) is 14.9. The van der Waals surface area contributed by atoms with E-state index in [4.69, 9.17) is 9.97 Å². The number of nitrogens with zero attached hydrogens (tertiary/aromatic N) is 3. The van der Waals surface area contributed by atoms with Crippen molar-refractivity contribution in [3.8, 4) is 5.75 Å². The molecule has 0 radical (unpaired) electrons. The van der Waals surface area contributed by atoms with E-state index in [0.717, 1.165) is 60.9 Å². The zero-order valence-electron chi connectivity index (χ0n) is 19.4. The predicted octanol–water partition coefficient (Wildman–Crippen LogP) is 5.15. The van der Waals surface area contributed by atoms with Gasteiger partial charge in [0.25, 0.3) is 0 Å². The Morgan fingerprint density at radius 2 is 1.62 bits per heavy atom. The molecule has 1 aliphatic carbocycles. The molecule has 1 aliphatic rings. The van der Waals surface area contributed by atoms with Gasteiger partial charge in [-0.1, -0.05) is 24.3 Å².